The van der Waals surface area contributed by atoms with Gasteiger partial charge in [0, 0.05) is 38.2 Å². The Morgan fingerprint density at radius 3 is 2.73 bits per heavy atom. The minimum Gasteiger partial charge on any atom is -0.355 e. The van der Waals surface area contributed by atoms with E-state index < -0.39 is 23.5 Å². The molecule has 0 radical (unpaired) electrons. The van der Waals surface area contributed by atoms with Crippen LogP contribution in [0.15, 0.2) is 48.9 Å². The highest BCUT2D eigenvalue weighted by Gasteiger charge is 2.37. The van der Waals surface area contributed by atoms with Crippen molar-refractivity contribution in [3.8, 4) is 5.69 Å². The Bertz CT molecular complexity index is 1140. The fourth-order valence-electron chi connectivity index (χ4n) is 4.08. The topological polar surface area (TPSA) is 63.1 Å². The van der Waals surface area contributed by atoms with Gasteiger partial charge < -0.3 is 14.8 Å². The third kappa shape index (κ3) is 4.99. The molecule has 0 spiro atoms. The molecule has 33 heavy (non-hydrogen) atoms. The first-order chi connectivity index (χ1) is 15.7. The zero-order chi connectivity index (χ0) is 23.6. The Balaban J connectivity index is 1.41. The van der Waals surface area contributed by atoms with Gasteiger partial charge in [0.2, 0.25) is 5.91 Å². The molecule has 1 aliphatic rings. The van der Waals surface area contributed by atoms with Gasteiger partial charge in [-0.15, -0.1) is 0 Å². The monoisotopic (exact) mass is 461 g/mol. The molecule has 174 valence electrons. The van der Waals surface area contributed by atoms with Crippen molar-refractivity contribution in [2.24, 2.45) is 5.92 Å². The van der Waals surface area contributed by atoms with E-state index in [9.17, 15) is 22.4 Å². The maximum atomic E-state index is 14.6. The minimum atomic E-state index is -4.52. The fourth-order valence-corrected chi connectivity index (χ4v) is 4.08. The SMILES string of the molecule is Cc1nccn1-c1ccc(CNC(=O)C2CCCN(c3ncccc3C(F)(F)F)C2)cc1F. The zero-order valence-corrected chi connectivity index (χ0v) is 17.9. The summed E-state index contributed by atoms with van der Waals surface area (Å²) in [5, 5.41) is 2.78. The molecule has 1 aliphatic heterocycles. The number of imidazole rings is 1. The predicted octanol–water partition coefficient (Wildman–Crippen LogP) is 4.27. The molecule has 0 saturated carbocycles. The molecule has 1 unspecified atom stereocenters. The van der Waals surface area contributed by atoms with E-state index in [1.54, 1.807) is 36.0 Å². The molecule has 1 amide bonds. The van der Waals surface area contributed by atoms with Crippen molar-refractivity contribution in [1.29, 1.82) is 0 Å². The van der Waals surface area contributed by atoms with Crippen LogP contribution in [0.4, 0.5) is 23.4 Å². The second-order valence-corrected chi connectivity index (χ2v) is 8.01. The molecule has 6 nitrogen and oxygen atoms in total. The molecule has 3 heterocycles. The number of halogens is 4. The molecule has 1 atom stereocenters. The van der Waals surface area contributed by atoms with Crippen LogP contribution in [0, 0.1) is 18.7 Å². The normalized spacial score (nSPS) is 16.6. The summed E-state index contributed by atoms with van der Waals surface area (Å²) in [4.78, 5) is 22.2. The fraction of sp³-hybridized carbons (Fsp3) is 0.348. The highest BCUT2D eigenvalue weighted by Crippen LogP contribution is 2.36. The van der Waals surface area contributed by atoms with Gasteiger partial charge in [-0.2, -0.15) is 13.2 Å². The second-order valence-electron chi connectivity index (χ2n) is 8.01. The average molecular weight is 461 g/mol. The van der Waals surface area contributed by atoms with Crippen molar-refractivity contribution in [2.75, 3.05) is 18.0 Å². The minimum absolute atomic E-state index is 0.118. The maximum Gasteiger partial charge on any atom is 0.419 e. The molecule has 1 N–H and O–H groups in total. The number of nitrogens with zero attached hydrogens (tertiary/aromatic N) is 4. The van der Waals surface area contributed by atoms with Gasteiger partial charge in [0.05, 0.1) is 17.2 Å². The van der Waals surface area contributed by atoms with Crippen LogP contribution in [-0.2, 0) is 17.5 Å². The average Bonchev–Trinajstić information content (AvgIpc) is 3.22. The summed E-state index contributed by atoms with van der Waals surface area (Å²) in [6.07, 6.45) is 1.17. The molecule has 1 saturated heterocycles. The lowest BCUT2D eigenvalue weighted by atomic mass is 9.96. The number of carbonyl (C=O) groups excluding carboxylic acids is 1. The number of aryl methyl sites for hydroxylation is 1. The van der Waals surface area contributed by atoms with Crippen LogP contribution in [0.3, 0.4) is 0 Å². The van der Waals surface area contributed by atoms with Gasteiger partial charge in [-0.25, -0.2) is 14.4 Å². The molecule has 3 aromatic rings. The van der Waals surface area contributed by atoms with Gasteiger partial charge >= 0.3 is 6.18 Å². The van der Waals surface area contributed by atoms with E-state index in [1.165, 1.54) is 23.2 Å². The summed E-state index contributed by atoms with van der Waals surface area (Å²) in [5.41, 5.74) is 0.132. The van der Waals surface area contributed by atoms with E-state index in [2.05, 4.69) is 15.3 Å². The van der Waals surface area contributed by atoms with Crippen LogP contribution in [-0.4, -0.2) is 33.5 Å². The lowest BCUT2D eigenvalue weighted by molar-refractivity contribution is -0.137. The van der Waals surface area contributed by atoms with Gasteiger partial charge in [-0.05, 0) is 49.6 Å². The number of benzene rings is 1. The number of anilines is 1. The van der Waals surface area contributed by atoms with Crippen molar-refractivity contribution in [1.82, 2.24) is 19.9 Å². The molecular weight excluding hydrogens is 438 g/mol. The molecule has 1 aromatic carbocycles. The third-order valence-electron chi connectivity index (χ3n) is 5.75. The molecular formula is C23H23F4N5O. The van der Waals surface area contributed by atoms with Gasteiger partial charge in [-0.1, -0.05) is 6.07 Å². The first kappa shape index (κ1) is 22.8. The molecule has 4 rings (SSSR count). The highest BCUT2D eigenvalue weighted by atomic mass is 19.4. The number of nitrogens with one attached hydrogen (secondary N) is 1. The summed E-state index contributed by atoms with van der Waals surface area (Å²) < 4.78 is 56.3. The summed E-state index contributed by atoms with van der Waals surface area (Å²) in [7, 11) is 0. The van der Waals surface area contributed by atoms with E-state index in [0.29, 0.717) is 36.5 Å². The van der Waals surface area contributed by atoms with Crippen LogP contribution >= 0.6 is 0 Å². The Kier molecular flexibility index (Phi) is 6.35. The number of hydrogen-bond acceptors (Lipinski definition) is 4. The standard InChI is InChI=1S/C23H23F4N5O/c1-15-28-9-11-32(15)20-7-6-16(12-19(20)24)13-30-22(33)17-4-3-10-31(14-17)21-18(23(25,26)27)5-2-8-29-21/h2,5-9,11-12,17H,3-4,10,13-14H2,1H3,(H,30,33). The molecule has 2 aromatic heterocycles. The summed E-state index contributed by atoms with van der Waals surface area (Å²) in [6.45, 7) is 2.42. The number of pyridine rings is 1. The van der Waals surface area contributed by atoms with Crippen LogP contribution < -0.4 is 10.2 Å². The number of aromatic nitrogens is 3. The number of hydrogen-bond donors (Lipinski definition) is 1. The highest BCUT2D eigenvalue weighted by molar-refractivity contribution is 5.79. The van der Waals surface area contributed by atoms with Gasteiger partial charge in [0.15, 0.2) is 0 Å². The smallest absolute Gasteiger partial charge is 0.355 e. The van der Waals surface area contributed by atoms with Crippen LogP contribution in [0.25, 0.3) is 5.69 Å². The van der Waals surface area contributed by atoms with E-state index in [1.807, 2.05) is 0 Å². The lowest BCUT2D eigenvalue weighted by Gasteiger charge is -2.34. The Morgan fingerprint density at radius 2 is 2.03 bits per heavy atom. The number of rotatable bonds is 5. The molecule has 0 aliphatic carbocycles. The maximum absolute atomic E-state index is 14.6. The second kappa shape index (κ2) is 9.21. The zero-order valence-electron chi connectivity index (χ0n) is 17.9. The summed E-state index contributed by atoms with van der Waals surface area (Å²) in [5.74, 6) is -0.714. The van der Waals surface area contributed by atoms with Crippen molar-refractivity contribution < 1.29 is 22.4 Å². The van der Waals surface area contributed by atoms with E-state index >= 15 is 0 Å². The molecule has 1 fully saturated rings. The summed E-state index contributed by atoms with van der Waals surface area (Å²) in [6, 6.07) is 6.93. The van der Waals surface area contributed by atoms with Crippen molar-refractivity contribution in [3.63, 3.8) is 0 Å². The van der Waals surface area contributed by atoms with E-state index in [0.717, 1.165) is 6.07 Å². The Morgan fingerprint density at radius 1 is 1.21 bits per heavy atom. The quantitative estimate of drug-likeness (QED) is 0.577. The lowest BCUT2D eigenvalue weighted by Crippen LogP contribution is -2.43. The van der Waals surface area contributed by atoms with Crippen molar-refractivity contribution >= 4 is 11.7 Å². The van der Waals surface area contributed by atoms with Gasteiger partial charge in [0.25, 0.3) is 0 Å². The largest absolute Gasteiger partial charge is 0.419 e. The third-order valence-corrected chi connectivity index (χ3v) is 5.75. The summed E-state index contributed by atoms with van der Waals surface area (Å²) >= 11 is 0. The molecule has 10 heteroatoms. The number of amides is 1. The number of alkyl halides is 3. The molecule has 0 bridgehead atoms. The Labute approximate surface area is 188 Å². The van der Waals surface area contributed by atoms with Crippen LogP contribution in [0.1, 0.15) is 29.8 Å². The van der Waals surface area contributed by atoms with Crippen molar-refractivity contribution in [2.45, 2.75) is 32.5 Å². The predicted molar refractivity (Wildman–Crippen MR) is 114 cm³/mol. The van der Waals surface area contributed by atoms with Crippen molar-refractivity contribution in [3.05, 3.63) is 71.7 Å². The van der Waals surface area contributed by atoms with Gasteiger partial charge in [0.1, 0.15) is 17.5 Å². The Hall–Kier alpha value is -3.43. The van der Waals surface area contributed by atoms with E-state index in [4.69, 9.17) is 0 Å². The number of carbonyl (C=O) groups is 1. The van der Waals surface area contributed by atoms with E-state index in [-0.39, 0.29) is 24.8 Å². The first-order valence-electron chi connectivity index (χ1n) is 10.6. The number of piperidine rings is 1. The first-order valence-corrected chi connectivity index (χ1v) is 10.6. The van der Waals surface area contributed by atoms with Crippen LogP contribution in [0.2, 0.25) is 0 Å². The van der Waals surface area contributed by atoms with Crippen LogP contribution in [0.5, 0.6) is 0 Å². The van der Waals surface area contributed by atoms with Gasteiger partial charge in [-0.3, -0.25) is 4.79 Å².